The molecule has 2 aliphatic heterocycles. The Bertz CT molecular complexity index is 599. The van der Waals surface area contributed by atoms with E-state index in [1.165, 1.54) is 29.7 Å². The SMILES string of the molecule is CN=C(NCC1CCCS1)NCC(C)(C)N1CCc2ccccc2C1.I. The number of hydrogen-bond donors (Lipinski definition) is 2. The fourth-order valence-corrected chi connectivity index (χ4v) is 4.86. The Hall–Kier alpha value is -0.470. The fourth-order valence-electron chi connectivity index (χ4n) is 3.66. The van der Waals surface area contributed by atoms with Crippen LogP contribution in [0.25, 0.3) is 0 Å². The lowest BCUT2D eigenvalue weighted by Crippen LogP contribution is -2.55. The molecule has 0 spiro atoms. The topological polar surface area (TPSA) is 39.7 Å². The van der Waals surface area contributed by atoms with E-state index in [1.807, 2.05) is 7.05 Å². The van der Waals surface area contributed by atoms with Gasteiger partial charge in [0.25, 0.3) is 0 Å². The van der Waals surface area contributed by atoms with E-state index in [4.69, 9.17) is 0 Å². The maximum absolute atomic E-state index is 4.40. The van der Waals surface area contributed by atoms with Crippen LogP contribution in [-0.2, 0) is 13.0 Å². The second-order valence-corrected chi connectivity index (χ2v) is 9.10. The van der Waals surface area contributed by atoms with Gasteiger partial charge in [0.15, 0.2) is 5.96 Å². The molecule has 146 valence electrons. The van der Waals surface area contributed by atoms with E-state index < -0.39 is 0 Å². The highest BCUT2D eigenvalue weighted by atomic mass is 127. The number of aliphatic imine (C=N–C) groups is 1. The molecule has 0 radical (unpaired) electrons. The predicted octanol–water partition coefficient (Wildman–Crippen LogP) is 3.50. The number of nitrogens with one attached hydrogen (secondary N) is 2. The van der Waals surface area contributed by atoms with Crippen molar-refractivity contribution in [2.45, 2.75) is 50.4 Å². The molecular weight excluding hydrogens is 455 g/mol. The smallest absolute Gasteiger partial charge is 0.191 e. The first-order valence-corrected chi connectivity index (χ1v) is 10.5. The average Bonchev–Trinajstić information content (AvgIpc) is 3.15. The fraction of sp³-hybridized carbons (Fsp3) is 0.650. The predicted molar refractivity (Wildman–Crippen MR) is 125 cm³/mol. The number of hydrogen-bond acceptors (Lipinski definition) is 3. The van der Waals surface area contributed by atoms with Crippen LogP contribution >= 0.6 is 35.7 Å². The number of rotatable bonds is 5. The maximum atomic E-state index is 4.40. The lowest BCUT2D eigenvalue weighted by Gasteiger charge is -2.42. The standard InChI is InChI=1S/C20H32N4S.HI/c1-20(2,24-11-10-16-7-4-5-8-17(16)14-24)15-23-19(21-3)22-13-18-9-6-12-25-18;/h4-5,7-8,18H,6,9-15H2,1-3H3,(H2,21,22,23);1H. The average molecular weight is 488 g/mol. The van der Waals surface area contributed by atoms with Crippen LogP contribution in [0.3, 0.4) is 0 Å². The molecule has 1 aromatic rings. The van der Waals surface area contributed by atoms with Gasteiger partial charge >= 0.3 is 0 Å². The number of thioether (sulfide) groups is 1. The van der Waals surface area contributed by atoms with Gasteiger partial charge in [0.2, 0.25) is 0 Å². The zero-order valence-electron chi connectivity index (χ0n) is 16.3. The Morgan fingerprint density at radius 2 is 2.04 bits per heavy atom. The third-order valence-electron chi connectivity index (χ3n) is 5.42. The third kappa shape index (κ3) is 5.76. The van der Waals surface area contributed by atoms with Crippen LogP contribution in [0, 0.1) is 0 Å². The summed E-state index contributed by atoms with van der Waals surface area (Å²) in [5, 5.41) is 7.79. The van der Waals surface area contributed by atoms with E-state index in [0.29, 0.717) is 0 Å². The summed E-state index contributed by atoms with van der Waals surface area (Å²) in [7, 11) is 1.86. The minimum Gasteiger partial charge on any atom is -0.355 e. The van der Waals surface area contributed by atoms with Gasteiger partial charge in [0.1, 0.15) is 0 Å². The third-order valence-corrected chi connectivity index (χ3v) is 6.82. The molecule has 1 fully saturated rings. The van der Waals surface area contributed by atoms with Crippen molar-refractivity contribution >= 4 is 41.7 Å². The highest BCUT2D eigenvalue weighted by Gasteiger charge is 2.29. The molecule has 1 saturated heterocycles. The highest BCUT2D eigenvalue weighted by molar-refractivity contribution is 14.0. The van der Waals surface area contributed by atoms with Crippen LogP contribution in [-0.4, -0.2) is 54.1 Å². The van der Waals surface area contributed by atoms with Gasteiger partial charge in [-0.25, -0.2) is 0 Å². The Morgan fingerprint density at radius 3 is 2.73 bits per heavy atom. The van der Waals surface area contributed by atoms with Crippen LogP contribution in [0.1, 0.15) is 37.8 Å². The van der Waals surface area contributed by atoms with E-state index in [9.17, 15) is 0 Å². The molecule has 0 amide bonds. The van der Waals surface area contributed by atoms with Gasteiger partial charge in [-0.1, -0.05) is 24.3 Å². The molecule has 3 rings (SSSR count). The lowest BCUT2D eigenvalue weighted by atomic mass is 9.94. The minimum atomic E-state index is 0. The number of benzene rings is 1. The van der Waals surface area contributed by atoms with E-state index in [0.717, 1.165) is 43.8 Å². The van der Waals surface area contributed by atoms with E-state index in [-0.39, 0.29) is 29.5 Å². The molecular formula is C20H33IN4S. The van der Waals surface area contributed by atoms with Crippen molar-refractivity contribution in [3.63, 3.8) is 0 Å². The molecule has 2 aliphatic rings. The van der Waals surface area contributed by atoms with Crippen molar-refractivity contribution < 1.29 is 0 Å². The largest absolute Gasteiger partial charge is 0.355 e. The monoisotopic (exact) mass is 488 g/mol. The molecule has 1 unspecified atom stereocenters. The highest BCUT2D eigenvalue weighted by Crippen LogP contribution is 2.26. The van der Waals surface area contributed by atoms with Crippen molar-refractivity contribution in [1.82, 2.24) is 15.5 Å². The first-order valence-electron chi connectivity index (χ1n) is 9.46. The number of guanidine groups is 1. The molecule has 6 heteroatoms. The molecule has 4 nitrogen and oxygen atoms in total. The number of fused-ring (bicyclic) bond motifs is 1. The molecule has 0 bridgehead atoms. The van der Waals surface area contributed by atoms with Crippen molar-refractivity contribution in [2.24, 2.45) is 4.99 Å². The van der Waals surface area contributed by atoms with Gasteiger partial charge in [-0.15, -0.1) is 24.0 Å². The second-order valence-electron chi connectivity index (χ2n) is 7.69. The Morgan fingerprint density at radius 1 is 1.27 bits per heavy atom. The Balaban J connectivity index is 0.00000243. The summed E-state index contributed by atoms with van der Waals surface area (Å²) in [6, 6.07) is 8.84. The van der Waals surface area contributed by atoms with Gasteiger partial charge in [-0.05, 0) is 50.0 Å². The molecule has 0 aromatic heterocycles. The van der Waals surface area contributed by atoms with Gasteiger partial charge in [0.05, 0.1) is 0 Å². The van der Waals surface area contributed by atoms with Gasteiger partial charge in [-0.3, -0.25) is 9.89 Å². The molecule has 2 heterocycles. The van der Waals surface area contributed by atoms with E-state index >= 15 is 0 Å². The molecule has 0 saturated carbocycles. The molecule has 26 heavy (non-hydrogen) atoms. The zero-order chi connectivity index (χ0) is 17.7. The van der Waals surface area contributed by atoms with Crippen LogP contribution in [0.15, 0.2) is 29.3 Å². The number of nitrogens with zero attached hydrogens (tertiary/aromatic N) is 2. The van der Waals surface area contributed by atoms with Gasteiger partial charge in [-0.2, -0.15) is 11.8 Å². The summed E-state index contributed by atoms with van der Waals surface area (Å²) in [5.41, 5.74) is 3.07. The van der Waals surface area contributed by atoms with Crippen LogP contribution in [0.2, 0.25) is 0 Å². The minimum absolute atomic E-state index is 0. The quantitative estimate of drug-likeness (QED) is 0.378. The normalized spacial score (nSPS) is 21.0. The molecule has 2 N–H and O–H groups in total. The Kier molecular flexibility index (Phi) is 8.54. The van der Waals surface area contributed by atoms with Crippen molar-refractivity contribution in [2.75, 3.05) is 32.4 Å². The van der Waals surface area contributed by atoms with Gasteiger partial charge in [0, 0.05) is 44.0 Å². The summed E-state index contributed by atoms with van der Waals surface area (Å²) >= 11 is 2.08. The van der Waals surface area contributed by atoms with E-state index in [2.05, 4.69) is 70.4 Å². The molecule has 0 aliphatic carbocycles. The van der Waals surface area contributed by atoms with Crippen LogP contribution in [0.4, 0.5) is 0 Å². The summed E-state index contributed by atoms with van der Waals surface area (Å²) in [6.07, 6.45) is 3.82. The number of halogens is 1. The van der Waals surface area contributed by atoms with E-state index in [1.54, 1.807) is 0 Å². The zero-order valence-corrected chi connectivity index (χ0v) is 19.4. The first-order chi connectivity index (χ1) is 12.1. The summed E-state index contributed by atoms with van der Waals surface area (Å²) < 4.78 is 0. The van der Waals surface area contributed by atoms with Crippen molar-refractivity contribution in [3.8, 4) is 0 Å². The molecule has 1 aromatic carbocycles. The van der Waals surface area contributed by atoms with Crippen LogP contribution < -0.4 is 10.6 Å². The Labute approximate surface area is 180 Å². The summed E-state index contributed by atoms with van der Waals surface area (Å²) in [4.78, 5) is 6.99. The second kappa shape index (κ2) is 10.2. The van der Waals surface area contributed by atoms with Crippen LogP contribution in [0.5, 0.6) is 0 Å². The summed E-state index contributed by atoms with van der Waals surface area (Å²) in [5.74, 6) is 2.24. The molecule has 1 atom stereocenters. The summed E-state index contributed by atoms with van der Waals surface area (Å²) in [6.45, 7) is 8.72. The maximum Gasteiger partial charge on any atom is 0.191 e. The van der Waals surface area contributed by atoms with Gasteiger partial charge < -0.3 is 10.6 Å². The first kappa shape index (κ1) is 21.8. The lowest BCUT2D eigenvalue weighted by molar-refractivity contribution is 0.107. The van der Waals surface area contributed by atoms with Crippen molar-refractivity contribution in [3.05, 3.63) is 35.4 Å². The van der Waals surface area contributed by atoms with Crippen molar-refractivity contribution in [1.29, 1.82) is 0 Å².